The maximum Gasteiger partial charge on any atom is 0.209 e. The summed E-state index contributed by atoms with van der Waals surface area (Å²) in [6.45, 7) is 2.74. The topological polar surface area (TPSA) is 0 Å². The van der Waals surface area contributed by atoms with E-state index in [1.807, 2.05) is 0 Å². The molecule has 0 aromatic heterocycles. The highest BCUT2D eigenvalue weighted by molar-refractivity contribution is 6.85. The van der Waals surface area contributed by atoms with Gasteiger partial charge in [-0.2, -0.15) is 0 Å². The molecule has 0 saturated carbocycles. The first-order valence-corrected chi connectivity index (χ1v) is 9.32. The van der Waals surface area contributed by atoms with Gasteiger partial charge in [-0.1, -0.05) is 122 Å². The average molecular weight is 322 g/mol. The van der Waals surface area contributed by atoms with E-state index in [9.17, 15) is 0 Å². The van der Waals surface area contributed by atoms with Gasteiger partial charge in [-0.25, -0.2) is 0 Å². The van der Waals surface area contributed by atoms with Crippen LogP contribution in [-0.2, 0) is 0 Å². The minimum absolute atomic E-state index is 0.467. The highest BCUT2D eigenvalue weighted by Gasteiger charge is 2.19. The summed E-state index contributed by atoms with van der Waals surface area (Å²) in [6.07, 6.45) is 3.69. The Hall–Kier alpha value is -2.54. The van der Waals surface area contributed by atoms with Gasteiger partial charge in [0.05, 0.1) is 0 Å². The lowest BCUT2D eigenvalue weighted by molar-refractivity contribution is 0.878. The summed E-state index contributed by atoms with van der Waals surface area (Å²) >= 11 is 0. The van der Waals surface area contributed by atoms with Gasteiger partial charge < -0.3 is 0 Å². The molecule has 4 rings (SSSR count). The molecule has 0 radical (unpaired) electrons. The Labute approximate surface area is 150 Å². The normalized spacial score (nSPS) is 11.1. The maximum atomic E-state index is 2.38. The summed E-state index contributed by atoms with van der Waals surface area (Å²) in [5, 5.41) is 5.31. The van der Waals surface area contributed by atoms with Crippen LogP contribution in [0.15, 0.2) is 84.9 Å². The van der Waals surface area contributed by atoms with Crippen molar-refractivity contribution >= 4 is 39.2 Å². The summed E-state index contributed by atoms with van der Waals surface area (Å²) in [5.41, 5.74) is 2.87. The molecule has 0 unspecified atom stereocenters. The smallest absolute Gasteiger partial charge is 0.0735 e. The molecular formula is C24H23B. The molecule has 0 heterocycles. The van der Waals surface area contributed by atoms with Gasteiger partial charge in [-0.05, 0) is 21.5 Å². The second-order valence-electron chi connectivity index (χ2n) is 6.91. The monoisotopic (exact) mass is 322 g/mol. The van der Waals surface area contributed by atoms with Gasteiger partial charge in [-0.15, -0.1) is 0 Å². The van der Waals surface area contributed by atoms with Crippen molar-refractivity contribution in [3.05, 3.63) is 84.9 Å². The van der Waals surface area contributed by atoms with Crippen molar-refractivity contribution in [2.45, 2.75) is 26.1 Å². The zero-order valence-corrected chi connectivity index (χ0v) is 14.8. The summed E-state index contributed by atoms with van der Waals surface area (Å²) in [4.78, 5) is 0. The Morgan fingerprint density at radius 2 is 1.08 bits per heavy atom. The molecule has 0 N–H and O–H groups in total. The fraction of sp³-hybridized carbons (Fsp3) is 0.167. The standard InChI is InChI=1S/C24H23B/c1-2-3-16-25(23-14-12-19-8-4-6-10-21(19)17-23)24-15-13-20-9-5-7-11-22(20)18-24/h4-15,17-18H,2-3,16H2,1H3. The number of hydrogen-bond acceptors (Lipinski definition) is 0. The van der Waals surface area contributed by atoms with Crippen molar-refractivity contribution in [3.63, 3.8) is 0 Å². The lowest BCUT2D eigenvalue weighted by Crippen LogP contribution is -2.41. The van der Waals surface area contributed by atoms with Gasteiger partial charge in [0, 0.05) is 0 Å². The molecule has 0 aliphatic rings. The highest BCUT2D eigenvalue weighted by atomic mass is 14.0. The zero-order chi connectivity index (χ0) is 17.1. The molecular weight excluding hydrogens is 299 g/mol. The van der Waals surface area contributed by atoms with Gasteiger partial charge in [0.1, 0.15) is 0 Å². The van der Waals surface area contributed by atoms with Crippen LogP contribution in [0, 0.1) is 0 Å². The largest absolute Gasteiger partial charge is 0.209 e. The Balaban J connectivity index is 1.79. The third kappa shape index (κ3) is 3.32. The molecule has 0 spiro atoms. The lowest BCUT2D eigenvalue weighted by atomic mass is 9.38. The van der Waals surface area contributed by atoms with E-state index in [4.69, 9.17) is 0 Å². The number of unbranched alkanes of at least 4 members (excludes halogenated alkanes) is 1. The van der Waals surface area contributed by atoms with Crippen molar-refractivity contribution in [1.82, 2.24) is 0 Å². The van der Waals surface area contributed by atoms with Gasteiger partial charge in [0.25, 0.3) is 0 Å². The minimum Gasteiger partial charge on any atom is -0.0735 e. The van der Waals surface area contributed by atoms with E-state index in [-0.39, 0.29) is 0 Å². The molecule has 1 heteroatoms. The molecule has 0 fully saturated rings. The highest BCUT2D eigenvalue weighted by Crippen LogP contribution is 2.15. The third-order valence-corrected chi connectivity index (χ3v) is 5.20. The van der Waals surface area contributed by atoms with Crippen LogP contribution in [0.4, 0.5) is 0 Å². The van der Waals surface area contributed by atoms with Crippen LogP contribution in [-0.4, -0.2) is 6.71 Å². The van der Waals surface area contributed by atoms with Gasteiger partial charge >= 0.3 is 0 Å². The SMILES string of the molecule is CCCCB(c1ccc2ccccc2c1)c1ccc2ccccc2c1. The van der Waals surface area contributed by atoms with E-state index in [1.54, 1.807) is 0 Å². The summed E-state index contributed by atoms with van der Waals surface area (Å²) in [7, 11) is 0. The number of hydrogen-bond donors (Lipinski definition) is 0. The fourth-order valence-corrected chi connectivity index (χ4v) is 3.78. The molecule has 4 aromatic carbocycles. The molecule has 0 saturated heterocycles. The number of rotatable bonds is 5. The predicted molar refractivity (Wildman–Crippen MR) is 113 cm³/mol. The van der Waals surface area contributed by atoms with E-state index >= 15 is 0 Å². The molecule has 0 nitrogen and oxygen atoms in total. The van der Waals surface area contributed by atoms with Crippen LogP contribution >= 0.6 is 0 Å². The quantitative estimate of drug-likeness (QED) is 0.431. The van der Waals surface area contributed by atoms with E-state index in [0.717, 1.165) is 0 Å². The van der Waals surface area contributed by atoms with E-state index in [1.165, 1.54) is 51.6 Å². The van der Waals surface area contributed by atoms with Crippen molar-refractivity contribution in [2.75, 3.05) is 0 Å². The lowest BCUT2D eigenvalue weighted by Gasteiger charge is -2.16. The zero-order valence-electron chi connectivity index (χ0n) is 14.8. The molecule has 25 heavy (non-hydrogen) atoms. The Morgan fingerprint density at radius 3 is 1.56 bits per heavy atom. The van der Waals surface area contributed by atoms with Gasteiger partial charge in [0.15, 0.2) is 0 Å². The maximum absolute atomic E-state index is 2.38. The Morgan fingerprint density at radius 1 is 0.600 bits per heavy atom. The van der Waals surface area contributed by atoms with Crippen molar-refractivity contribution in [1.29, 1.82) is 0 Å². The second-order valence-corrected chi connectivity index (χ2v) is 6.91. The van der Waals surface area contributed by atoms with Crippen LogP contribution < -0.4 is 10.9 Å². The Kier molecular flexibility index (Phi) is 4.56. The number of benzene rings is 4. The van der Waals surface area contributed by atoms with Crippen LogP contribution in [0.2, 0.25) is 6.32 Å². The molecule has 0 amide bonds. The van der Waals surface area contributed by atoms with E-state index < -0.39 is 0 Å². The first-order chi connectivity index (χ1) is 12.3. The van der Waals surface area contributed by atoms with Crippen LogP contribution in [0.5, 0.6) is 0 Å². The minimum atomic E-state index is 0.467. The fourth-order valence-electron chi connectivity index (χ4n) is 3.78. The van der Waals surface area contributed by atoms with Gasteiger partial charge in [0.2, 0.25) is 6.71 Å². The van der Waals surface area contributed by atoms with Gasteiger partial charge in [-0.3, -0.25) is 0 Å². The van der Waals surface area contributed by atoms with Crippen molar-refractivity contribution in [2.24, 2.45) is 0 Å². The summed E-state index contributed by atoms with van der Waals surface area (Å²) in [6, 6.07) is 31.2. The molecule has 4 aromatic rings. The third-order valence-electron chi connectivity index (χ3n) is 5.20. The Bertz CT molecular complexity index is 923. The average Bonchev–Trinajstić information content (AvgIpc) is 2.68. The first kappa shape index (κ1) is 16.0. The van der Waals surface area contributed by atoms with E-state index in [2.05, 4.69) is 91.9 Å². The molecule has 0 bridgehead atoms. The molecule has 0 atom stereocenters. The molecule has 122 valence electrons. The number of fused-ring (bicyclic) bond motifs is 2. The predicted octanol–water partition coefficient (Wildman–Crippen LogP) is 5.40. The molecule has 0 aliphatic carbocycles. The van der Waals surface area contributed by atoms with E-state index in [0.29, 0.717) is 6.71 Å². The van der Waals surface area contributed by atoms with Crippen LogP contribution in [0.1, 0.15) is 19.8 Å². The molecule has 0 aliphatic heterocycles. The van der Waals surface area contributed by atoms with Crippen LogP contribution in [0.25, 0.3) is 21.5 Å². The van der Waals surface area contributed by atoms with Crippen LogP contribution in [0.3, 0.4) is 0 Å². The van der Waals surface area contributed by atoms with Crippen molar-refractivity contribution < 1.29 is 0 Å². The summed E-state index contributed by atoms with van der Waals surface area (Å²) in [5.74, 6) is 0. The first-order valence-electron chi connectivity index (χ1n) is 9.32. The van der Waals surface area contributed by atoms with Crippen molar-refractivity contribution in [3.8, 4) is 0 Å². The summed E-state index contributed by atoms with van der Waals surface area (Å²) < 4.78 is 0. The second kappa shape index (κ2) is 7.15.